The number of carbonyl (C=O) groups excluding carboxylic acids is 1. The Bertz CT molecular complexity index is 1230. The fourth-order valence-electron chi connectivity index (χ4n) is 4.51. The van der Waals surface area contributed by atoms with Crippen molar-refractivity contribution in [3.8, 4) is 0 Å². The van der Waals surface area contributed by atoms with Crippen LogP contribution in [-0.4, -0.2) is 38.9 Å². The Morgan fingerprint density at radius 2 is 1.71 bits per heavy atom. The fraction of sp³-hybridized carbons (Fsp3) is 0.542. The van der Waals surface area contributed by atoms with Crippen molar-refractivity contribution in [2.75, 3.05) is 11.2 Å². The second kappa shape index (κ2) is 8.39. The lowest BCUT2D eigenvalue weighted by Gasteiger charge is -2.35. The van der Waals surface area contributed by atoms with Gasteiger partial charge in [-0.25, -0.2) is 18.4 Å². The van der Waals surface area contributed by atoms with Crippen molar-refractivity contribution in [1.29, 1.82) is 0 Å². The lowest BCUT2D eigenvalue weighted by atomic mass is 9.81. The number of hydrogen-bond donors (Lipinski definition) is 0. The molecule has 2 aliphatic rings. The zero-order valence-corrected chi connectivity index (χ0v) is 23.2. The lowest BCUT2D eigenvalue weighted by Crippen LogP contribution is -2.40. The Balaban J connectivity index is 1.78. The first kappa shape index (κ1) is 25.3. The third-order valence-corrected chi connectivity index (χ3v) is 13.4. The Morgan fingerprint density at radius 1 is 1.12 bits per heavy atom. The predicted molar refractivity (Wildman–Crippen MR) is 136 cm³/mol. The van der Waals surface area contributed by atoms with Crippen molar-refractivity contribution < 1.29 is 17.6 Å². The summed E-state index contributed by atoms with van der Waals surface area (Å²) in [4.78, 5) is 25.0. The summed E-state index contributed by atoms with van der Waals surface area (Å²) in [6, 6.07) is 6.32. The van der Waals surface area contributed by atoms with E-state index in [0.717, 1.165) is 19.1 Å². The molecular formula is C24H32ClN3O4SSi. The number of aromatic nitrogens is 2. The minimum absolute atomic E-state index is 0.0325. The van der Waals surface area contributed by atoms with Gasteiger partial charge in [-0.2, -0.15) is 0 Å². The number of anilines is 2. The number of halogens is 1. The Labute approximate surface area is 207 Å². The normalized spacial score (nSPS) is 18.1. The van der Waals surface area contributed by atoms with Crippen LogP contribution < -0.4 is 4.90 Å². The van der Waals surface area contributed by atoms with Crippen molar-refractivity contribution in [3.05, 3.63) is 40.8 Å². The average Bonchev–Trinajstić information content (AvgIpc) is 3.30. The molecule has 4 rings (SSSR count). The first-order valence-electron chi connectivity index (χ1n) is 11.5. The Morgan fingerprint density at radius 3 is 2.24 bits per heavy atom. The number of hydrogen-bond acceptors (Lipinski definition) is 6. The van der Waals surface area contributed by atoms with Crippen LogP contribution in [0, 0.1) is 0 Å². The van der Waals surface area contributed by atoms with Crippen molar-refractivity contribution in [2.24, 2.45) is 0 Å². The van der Waals surface area contributed by atoms with E-state index in [4.69, 9.17) is 21.0 Å². The van der Waals surface area contributed by atoms with Crippen LogP contribution in [0.5, 0.6) is 0 Å². The summed E-state index contributed by atoms with van der Waals surface area (Å²) in [5.41, 5.74) is 0.509. The predicted octanol–water partition coefficient (Wildman–Crippen LogP) is 5.55. The monoisotopic (exact) mass is 521 g/mol. The Hall–Kier alpha value is -1.81. The summed E-state index contributed by atoms with van der Waals surface area (Å²) in [6.45, 7) is 11.0. The highest BCUT2D eigenvalue weighted by atomic mass is 35.5. The molecule has 1 saturated carbocycles. The molecule has 1 amide bonds. The molecule has 1 aromatic carbocycles. The van der Waals surface area contributed by atoms with E-state index in [2.05, 4.69) is 38.8 Å². The van der Waals surface area contributed by atoms with E-state index in [-0.39, 0.29) is 22.4 Å². The van der Waals surface area contributed by atoms with Crippen LogP contribution >= 0.6 is 11.6 Å². The van der Waals surface area contributed by atoms with Gasteiger partial charge in [-0.1, -0.05) is 45.2 Å². The molecule has 7 nitrogen and oxygen atoms in total. The molecule has 2 heterocycles. The highest BCUT2D eigenvalue weighted by Gasteiger charge is 2.55. The molecule has 0 atom stereocenters. The van der Waals surface area contributed by atoms with E-state index in [1.54, 1.807) is 17.0 Å². The molecule has 0 bridgehead atoms. The third-order valence-electron chi connectivity index (χ3n) is 7.54. The van der Waals surface area contributed by atoms with Gasteiger partial charge in [0.1, 0.15) is 11.0 Å². The van der Waals surface area contributed by atoms with Crippen molar-refractivity contribution in [2.45, 2.75) is 81.5 Å². The summed E-state index contributed by atoms with van der Waals surface area (Å²) >= 11 is 6.73. The summed E-state index contributed by atoms with van der Waals surface area (Å²) in [7, 11) is -5.39. The van der Waals surface area contributed by atoms with Gasteiger partial charge in [-0.05, 0) is 55.2 Å². The van der Waals surface area contributed by atoms with Crippen LogP contribution in [0.4, 0.5) is 11.5 Å². The molecule has 0 saturated heterocycles. The highest BCUT2D eigenvalue weighted by Crippen LogP contribution is 2.54. The highest BCUT2D eigenvalue weighted by molar-refractivity contribution is 7.90. The topological polar surface area (TPSA) is 89.5 Å². The second-order valence-electron chi connectivity index (χ2n) is 10.9. The van der Waals surface area contributed by atoms with Gasteiger partial charge in [0.05, 0.1) is 22.6 Å². The van der Waals surface area contributed by atoms with Crippen LogP contribution in [0.25, 0.3) is 0 Å². The minimum Gasteiger partial charge on any atom is -0.409 e. The van der Waals surface area contributed by atoms with Crippen molar-refractivity contribution in [1.82, 2.24) is 9.97 Å². The maximum absolute atomic E-state index is 13.8. The first-order valence-corrected chi connectivity index (χ1v) is 16.7. The molecule has 1 aliphatic heterocycles. The summed E-state index contributed by atoms with van der Waals surface area (Å²) in [5, 5.41) is 0.328. The van der Waals surface area contributed by atoms with Gasteiger partial charge < -0.3 is 4.43 Å². The van der Waals surface area contributed by atoms with Crippen LogP contribution in [0.1, 0.15) is 57.8 Å². The van der Waals surface area contributed by atoms with E-state index in [9.17, 15) is 13.2 Å². The fourth-order valence-corrected chi connectivity index (χ4v) is 6.42. The van der Waals surface area contributed by atoms with E-state index in [0.29, 0.717) is 40.9 Å². The molecule has 0 unspecified atom stereocenters. The average molecular weight is 522 g/mol. The number of nitrogens with zero attached hydrogens (tertiary/aromatic N) is 3. The standard InChI is InChI=1S/C24H32ClN3O4SSi/c1-23(2,3)34(5,6)32-15-18-26-20(25)19-21(27-18)28(22(29)24(19)13-7-8-14-24)16-9-11-17(12-10-16)33(4,30)31/h9-12H,7-8,13-15H2,1-6H3. The molecule has 1 spiro atoms. The van der Waals surface area contributed by atoms with Gasteiger partial charge in [-0.3, -0.25) is 9.69 Å². The zero-order chi connectivity index (χ0) is 25.1. The summed E-state index contributed by atoms with van der Waals surface area (Å²) in [6.07, 6.45) is 4.41. The van der Waals surface area contributed by atoms with Gasteiger partial charge in [0.2, 0.25) is 5.91 Å². The molecule has 10 heteroatoms. The minimum atomic E-state index is -3.35. The number of rotatable bonds is 5. The number of fused-ring (bicyclic) bond motifs is 2. The Kier molecular flexibility index (Phi) is 6.24. The van der Waals surface area contributed by atoms with Gasteiger partial charge >= 0.3 is 0 Å². The van der Waals surface area contributed by atoms with Gasteiger partial charge in [0, 0.05) is 11.8 Å². The largest absolute Gasteiger partial charge is 0.409 e. The van der Waals surface area contributed by atoms with Crippen LogP contribution in [0.3, 0.4) is 0 Å². The molecule has 1 fully saturated rings. The van der Waals surface area contributed by atoms with Crippen LogP contribution in [0.15, 0.2) is 29.2 Å². The number of benzene rings is 1. The van der Waals surface area contributed by atoms with Gasteiger partial charge in [0.15, 0.2) is 24.0 Å². The molecule has 1 aromatic heterocycles. The van der Waals surface area contributed by atoms with Crippen molar-refractivity contribution >= 4 is 47.2 Å². The molecule has 1 aliphatic carbocycles. The second-order valence-corrected chi connectivity index (χ2v) is 18.1. The molecule has 184 valence electrons. The lowest BCUT2D eigenvalue weighted by molar-refractivity contribution is -0.122. The smallest absolute Gasteiger partial charge is 0.243 e. The molecular weight excluding hydrogens is 490 g/mol. The summed E-state index contributed by atoms with van der Waals surface area (Å²) < 4.78 is 30.1. The maximum atomic E-state index is 13.8. The SMILES string of the molecule is CC(C)(C)[Si](C)(C)OCc1nc(Cl)c2c(n1)N(c1ccc(S(C)(=O)=O)cc1)C(=O)C21CCCC1. The van der Waals surface area contributed by atoms with E-state index >= 15 is 0 Å². The molecule has 34 heavy (non-hydrogen) atoms. The molecule has 0 radical (unpaired) electrons. The number of amides is 1. The van der Waals surface area contributed by atoms with Crippen LogP contribution in [-0.2, 0) is 31.1 Å². The maximum Gasteiger partial charge on any atom is 0.243 e. The van der Waals surface area contributed by atoms with E-state index in [1.165, 1.54) is 12.1 Å². The van der Waals surface area contributed by atoms with E-state index < -0.39 is 23.6 Å². The third kappa shape index (κ3) is 4.21. The quantitative estimate of drug-likeness (QED) is 0.378. The van der Waals surface area contributed by atoms with Gasteiger partial charge in [0.25, 0.3) is 0 Å². The van der Waals surface area contributed by atoms with E-state index in [1.807, 2.05) is 0 Å². The van der Waals surface area contributed by atoms with Crippen molar-refractivity contribution in [3.63, 3.8) is 0 Å². The number of carbonyl (C=O) groups is 1. The number of sulfone groups is 1. The first-order chi connectivity index (χ1) is 15.7. The zero-order valence-electron chi connectivity index (χ0n) is 20.6. The van der Waals surface area contributed by atoms with Crippen LogP contribution in [0.2, 0.25) is 23.3 Å². The summed E-state index contributed by atoms with van der Waals surface area (Å²) in [5.74, 6) is 0.841. The molecule has 2 aromatic rings. The molecule has 0 N–H and O–H groups in total. The van der Waals surface area contributed by atoms with Gasteiger partial charge in [-0.15, -0.1) is 0 Å².